The van der Waals surface area contributed by atoms with Crippen LogP contribution < -0.4 is 0 Å². The van der Waals surface area contributed by atoms with Gasteiger partial charge in [0.05, 0.1) is 30.5 Å². The van der Waals surface area contributed by atoms with E-state index in [0.29, 0.717) is 26.1 Å². The van der Waals surface area contributed by atoms with E-state index in [0.717, 1.165) is 0 Å². The van der Waals surface area contributed by atoms with Crippen LogP contribution in [0.4, 0.5) is 0 Å². The molecule has 0 saturated heterocycles. The molecule has 0 heterocycles. The van der Waals surface area contributed by atoms with Crippen LogP contribution in [-0.4, -0.2) is 70.9 Å². The average Bonchev–Trinajstić information content (AvgIpc) is 2.13. The number of aliphatic hydroxyl groups is 3. The minimum atomic E-state index is -0.742. The molecule has 110 valence electrons. The van der Waals surface area contributed by atoms with E-state index in [4.69, 9.17) is 9.84 Å². The second-order valence-corrected chi connectivity index (χ2v) is 6.20. The van der Waals surface area contributed by atoms with E-state index in [2.05, 4.69) is 0 Å². The molecule has 0 radical (unpaired) electrons. The third kappa shape index (κ3) is 9.79. The number of aliphatic hydroxyl groups excluding tert-OH is 2. The number of ether oxygens (including phenoxy) is 1. The Kier molecular flexibility index (Phi) is 7.32. The van der Waals surface area contributed by atoms with Crippen LogP contribution in [-0.2, 0) is 4.74 Å². The van der Waals surface area contributed by atoms with Gasteiger partial charge in [0.1, 0.15) is 0 Å². The van der Waals surface area contributed by atoms with Crippen LogP contribution in [0.15, 0.2) is 0 Å². The van der Waals surface area contributed by atoms with Crippen LogP contribution in [0.1, 0.15) is 34.1 Å². The first-order chi connectivity index (χ1) is 8.06. The molecule has 1 unspecified atom stereocenters. The zero-order valence-electron chi connectivity index (χ0n) is 12.3. The topological polar surface area (TPSA) is 73.2 Å². The van der Waals surface area contributed by atoms with E-state index >= 15 is 0 Å². The van der Waals surface area contributed by atoms with Gasteiger partial charge in [-0.05, 0) is 34.7 Å². The molecule has 5 nitrogen and oxygen atoms in total. The lowest BCUT2D eigenvalue weighted by atomic mass is 10.0. The van der Waals surface area contributed by atoms with Gasteiger partial charge in [0.25, 0.3) is 0 Å². The van der Waals surface area contributed by atoms with Crippen molar-refractivity contribution in [1.82, 2.24) is 4.90 Å². The quantitative estimate of drug-likeness (QED) is 0.555. The summed E-state index contributed by atoms with van der Waals surface area (Å²) in [7, 11) is 1.93. The summed E-state index contributed by atoms with van der Waals surface area (Å²) < 4.78 is 5.69. The minimum absolute atomic E-state index is 0.245. The normalized spacial score (nSPS) is 15.2. The van der Waals surface area contributed by atoms with Crippen molar-refractivity contribution < 1.29 is 20.1 Å². The largest absolute Gasteiger partial charge is 0.394 e. The summed E-state index contributed by atoms with van der Waals surface area (Å²) in [5, 5.41) is 27.8. The predicted octanol–water partition coefficient (Wildman–Crippen LogP) is 0.228. The van der Waals surface area contributed by atoms with E-state index in [1.165, 1.54) is 0 Å². The molecule has 0 aliphatic rings. The molecule has 3 N–H and O–H groups in total. The molecule has 5 heteroatoms. The fourth-order valence-corrected chi connectivity index (χ4v) is 1.91. The van der Waals surface area contributed by atoms with Gasteiger partial charge in [-0.15, -0.1) is 0 Å². The van der Waals surface area contributed by atoms with Gasteiger partial charge in [-0.3, -0.25) is 0 Å². The molecule has 0 spiro atoms. The van der Waals surface area contributed by atoms with E-state index in [1.807, 2.05) is 25.8 Å². The Morgan fingerprint density at radius 2 is 1.78 bits per heavy atom. The van der Waals surface area contributed by atoms with Gasteiger partial charge in [0.15, 0.2) is 0 Å². The Bertz CT molecular complexity index is 226. The maximum atomic E-state index is 9.65. The number of nitrogens with zero attached hydrogens (tertiary/aromatic N) is 1. The van der Waals surface area contributed by atoms with Crippen molar-refractivity contribution in [3.63, 3.8) is 0 Å². The zero-order valence-corrected chi connectivity index (χ0v) is 12.3. The second kappa shape index (κ2) is 7.40. The van der Waals surface area contributed by atoms with Gasteiger partial charge in [-0.1, -0.05) is 0 Å². The molecule has 0 rings (SSSR count). The van der Waals surface area contributed by atoms with E-state index in [9.17, 15) is 10.2 Å². The molecule has 0 amide bonds. The van der Waals surface area contributed by atoms with Crippen LogP contribution in [0.3, 0.4) is 0 Å². The fraction of sp³-hybridized carbons (Fsp3) is 1.00. The van der Waals surface area contributed by atoms with Crippen LogP contribution in [0.5, 0.6) is 0 Å². The van der Waals surface area contributed by atoms with Crippen molar-refractivity contribution >= 4 is 0 Å². The highest BCUT2D eigenvalue weighted by atomic mass is 16.5. The maximum absolute atomic E-state index is 9.65. The van der Waals surface area contributed by atoms with Gasteiger partial charge >= 0.3 is 0 Å². The van der Waals surface area contributed by atoms with Crippen LogP contribution in [0, 0.1) is 0 Å². The van der Waals surface area contributed by atoms with Crippen molar-refractivity contribution in [2.75, 3.05) is 33.4 Å². The molecule has 0 aromatic rings. The first-order valence-corrected chi connectivity index (χ1v) is 6.39. The van der Waals surface area contributed by atoms with Crippen molar-refractivity contribution in [1.29, 1.82) is 0 Å². The SMILES string of the molecule is CN(CCOC(C)(C)CC(O)CO)CC(C)(C)O. The summed E-state index contributed by atoms with van der Waals surface area (Å²) in [4.78, 5) is 2.00. The minimum Gasteiger partial charge on any atom is -0.394 e. The molecular formula is C13H29NO4. The molecule has 0 aliphatic heterocycles. The third-order valence-corrected chi connectivity index (χ3v) is 2.56. The van der Waals surface area contributed by atoms with Gasteiger partial charge in [-0.25, -0.2) is 0 Å². The summed E-state index contributed by atoms with van der Waals surface area (Å²) in [6.45, 7) is 8.89. The van der Waals surface area contributed by atoms with E-state index in [1.54, 1.807) is 13.8 Å². The molecule has 0 bridgehead atoms. The summed E-state index contributed by atoms with van der Waals surface area (Å²) in [5.74, 6) is 0. The lowest BCUT2D eigenvalue weighted by Gasteiger charge is -2.30. The van der Waals surface area contributed by atoms with Crippen LogP contribution >= 0.6 is 0 Å². The molecule has 0 aromatic carbocycles. The smallest absolute Gasteiger partial charge is 0.0798 e. The molecule has 0 aliphatic carbocycles. The Morgan fingerprint density at radius 3 is 2.22 bits per heavy atom. The number of likely N-dealkylation sites (N-methyl/N-ethyl adjacent to an activating group) is 1. The standard InChI is InChI=1S/C13H29NO4/c1-12(2,17)10-14(5)6-7-18-13(3,4)8-11(16)9-15/h11,15-17H,6-10H2,1-5H3. The predicted molar refractivity (Wildman–Crippen MR) is 71.5 cm³/mol. The van der Waals surface area contributed by atoms with Crippen LogP contribution in [0.25, 0.3) is 0 Å². The van der Waals surface area contributed by atoms with Crippen molar-refractivity contribution in [2.45, 2.75) is 51.4 Å². The summed E-state index contributed by atoms with van der Waals surface area (Å²) in [5.41, 5.74) is -1.17. The van der Waals surface area contributed by atoms with Crippen LogP contribution in [0.2, 0.25) is 0 Å². The molecule has 18 heavy (non-hydrogen) atoms. The molecule has 0 fully saturated rings. The first kappa shape index (κ1) is 17.8. The van der Waals surface area contributed by atoms with Crippen molar-refractivity contribution in [3.05, 3.63) is 0 Å². The van der Waals surface area contributed by atoms with E-state index in [-0.39, 0.29) is 6.61 Å². The Hall–Kier alpha value is -0.200. The molecule has 0 aromatic heterocycles. The monoisotopic (exact) mass is 263 g/mol. The van der Waals surface area contributed by atoms with Gasteiger partial charge < -0.3 is 25.0 Å². The Labute approximate surface area is 110 Å². The molecule has 0 saturated carbocycles. The summed E-state index contributed by atoms with van der Waals surface area (Å²) >= 11 is 0. The number of rotatable bonds is 9. The number of hydrogen-bond acceptors (Lipinski definition) is 5. The lowest BCUT2D eigenvalue weighted by molar-refractivity contribution is -0.0648. The average molecular weight is 263 g/mol. The Morgan fingerprint density at radius 1 is 1.22 bits per heavy atom. The maximum Gasteiger partial charge on any atom is 0.0798 e. The van der Waals surface area contributed by atoms with E-state index < -0.39 is 17.3 Å². The highest BCUT2D eigenvalue weighted by Crippen LogP contribution is 2.16. The lowest BCUT2D eigenvalue weighted by Crippen LogP contribution is -2.39. The summed E-state index contributed by atoms with van der Waals surface area (Å²) in [6.07, 6.45) is -0.340. The third-order valence-electron chi connectivity index (χ3n) is 2.56. The van der Waals surface area contributed by atoms with Gasteiger partial charge in [-0.2, -0.15) is 0 Å². The second-order valence-electron chi connectivity index (χ2n) is 6.20. The van der Waals surface area contributed by atoms with Crippen molar-refractivity contribution in [2.24, 2.45) is 0 Å². The molecular weight excluding hydrogens is 234 g/mol. The fourth-order valence-electron chi connectivity index (χ4n) is 1.91. The van der Waals surface area contributed by atoms with Gasteiger partial charge in [0, 0.05) is 19.5 Å². The van der Waals surface area contributed by atoms with Crippen molar-refractivity contribution in [3.8, 4) is 0 Å². The highest BCUT2D eigenvalue weighted by molar-refractivity contribution is 4.74. The Balaban J connectivity index is 3.88. The highest BCUT2D eigenvalue weighted by Gasteiger charge is 2.23. The summed E-state index contributed by atoms with van der Waals surface area (Å²) in [6, 6.07) is 0. The molecule has 1 atom stereocenters. The number of hydrogen-bond donors (Lipinski definition) is 3. The van der Waals surface area contributed by atoms with Gasteiger partial charge in [0.2, 0.25) is 0 Å². The zero-order chi connectivity index (χ0) is 14.4. The first-order valence-electron chi connectivity index (χ1n) is 6.39.